The van der Waals surface area contributed by atoms with Crippen molar-refractivity contribution in [2.24, 2.45) is 17.1 Å². The third-order valence-corrected chi connectivity index (χ3v) is 5.34. The Hall–Kier alpha value is -1.89. The molecule has 162 valence electrons. The largest absolute Gasteiger partial charge is 0.478 e. The van der Waals surface area contributed by atoms with E-state index in [-0.39, 0.29) is 23.3 Å². The van der Waals surface area contributed by atoms with Gasteiger partial charge < -0.3 is 21.1 Å². The summed E-state index contributed by atoms with van der Waals surface area (Å²) < 4.78 is 0. The number of nitrogens with two attached hydrogens (primary N) is 1. The summed E-state index contributed by atoms with van der Waals surface area (Å²) in [7, 11) is 1.64. The van der Waals surface area contributed by atoms with Gasteiger partial charge in [0.1, 0.15) is 6.04 Å². The van der Waals surface area contributed by atoms with Crippen molar-refractivity contribution in [3.63, 3.8) is 0 Å². The van der Waals surface area contributed by atoms with E-state index in [0.717, 1.165) is 0 Å². The molecule has 0 spiro atoms. The minimum atomic E-state index is -1.03. The lowest BCUT2D eigenvalue weighted by molar-refractivity contribution is -0.141. The lowest BCUT2D eigenvalue weighted by Gasteiger charge is -2.39. The average molecular weight is 398 g/mol. The third-order valence-electron chi connectivity index (χ3n) is 5.34. The summed E-state index contributed by atoms with van der Waals surface area (Å²) in [5.41, 5.74) is 4.80. The van der Waals surface area contributed by atoms with Crippen LogP contribution in [-0.4, -0.2) is 52.5 Å². The Bertz CT molecular complexity index is 601. The second-order valence-electron chi connectivity index (χ2n) is 8.97. The number of carboxylic acid groups (broad SMARTS) is 1. The minimum Gasteiger partial charge on any atom is -0.478 e. The van der Waals surface area contributed by atoms with E-state index in [4.69, 9.17) is 5.73 Å². The first-order chi connectivity index (χ1) is 12.6. The number of likely N-dealkylation sites (N-methyl/N-ethyl adjacent to an activating group) is 1. The van der Waals surface area contributed by atoms with E-state index >= 15 is 0 Å². The molecular formula is C21H39N3O4. The van der Waals surface area contributed by atoms with Crippen LogP contribution in [0.3, 0.4) is 0 Å². The second-order valence-corrected chi connectivity index (χ2v) is 8.97. The zero-order chi connectivity index (χ0) is 22.4. The molecule has 0 heterocycles. The summed E-state index contributed by atoms with van der Waals surface area (Å²) in [6, 6.07) is -1.20. The molecule has 0 unspecified atom stereocenters. The number of nitrogens with one attached hydrogen (secondary N) is 1. The van der Waals surface area contributed by atoms with Gasteiger partial charge in [-0.3, -0.25) is 9.59 Å². The number of amides is 2. The van der Waals surface area contributed by atoms with Crippen LogP contribution in [0.2, 0.25) is 0 Å². The summed E-state index contributed by atoms with van der Waals surface area (Å²) in [5.74, 6) is -1.65. The molecule has 28 heavy (non-hydrogen) atoms. The lowest BCUT2D eigenvalue weighted by Crippen LogP contribution is -2.62. The van der Waals surface area contributed by atoms with E-state index in [0.29, 0.717) is 12.8 Å². The predicted octanol–water partition coefficient (Wildman–Crippen LogP) is 2.55. The first-order valence-corrected chi connectivity index (χ1v) is 9.90. The quantitative estimate of drug-likeness (QED) is 0.518. The number of carboxylic acids is 1. The minimum absolute atomic E-state index is 0.000507. The first-order valence-electron chi connectivity index (χ1n) is 9.90. The topological polar surface area (TPSA) is 113 Å². The molecule has 0 saturated heterocycles. The van der Waals surface area contributed by atoms with E-state index in [1.165, 1.54) is 11.8 Å². The third kappa shape index (κ3) is 6.62. The summed E-state index contributed by atoms with van der Waals surface area (Å²) in [6.45, 7) is 14.7. The number of hydrogen-bond acceptors (Lipinski definition) is 4. The SMILES string of the molecule is CCC(N)(CC)C(=O)N[C@H](C(=O)N(C)[C@H](/C=C(\C)C(=O)O)C(C)C)C(C)(C)C. The van der Waals surface area contributed by atoms with Crippen LogP contribution in [-0.2, 0) is 14.4 Å². The monoisotopic (exact) mass is 397 g/mol. The molecule has 0 radical (unpaired) electrons. The van der Waals surface area contributed by atoms with Crippen LogP contribution < -0.4 is 11.1 Å². The Morgan fingerprint density at radius 1 is 1.14 bits per heavy atom. The van der Waals surface area contributed by atoms with E-state index in [2.05, 4.69) is 5.32 Å². The summed E-state index contributed by atoms with van der Waals surface area (Å²) in [6.07, 6.45) is 2.51. The fourth-order valence-corrected chi connectivity index (χ4v) is 2.92. The van der Waals surface area contributed by atoms with Crippen molar-refractivity contribution in [1.82, 2.24) is 10.2 Å². The highest BCUT2D eigenvalue weighted by Gasteiger charge is 2.40. The number of carbonyl (C=O) groups excluding carboxylic acids is 2. The molecule has 2 amide bonds. The van der Waals surface area contributed by atoms with Gasteiger partial charge in [-0.05, 0) is 31.1 Å². The number of aliphatic carboxylic acids is 1. The highest BCUT2D eigenvalue weighted by Crippen LogP contribution is 2.25. The van der Waals surface area contributed by atoms with Crippen molar-refractivity contribution in [2.75, 3.05) is 7.05 Å². The van der Waals surface area contributed by atoms with Gasteiger partial charge in [-0.2, -0.15) is 0 Å². The molecule has 0 aliphatic heterocycles. The van der Waals surface area contributed by atoms with Crippen LogP contribution >= 0.6 is 0 Å². The molecule has 0 saturated carbocycles. The zero-order valence-electron chi connectivity index (χ0n) is 18.9. The molecule has 7 nitrogen and oxygen atoms in total. The smallest absolute Gasteiger partial charge is 0.331 e. The number of carbonyl (C=O) groups is 3. The zero-order valence-corrected chi connectivity index (χ0v) is 18.9. The molecule has 4 N–H and O–H groups in total. The summed E-state index contributed by atoms with van der Waals surface area (Å²) >= 11 is 0. The van der Waals surface area contributed by atoms with Gasteiger partial charge in [-0.15, -0.1) is 0 Å². The first kappa shape index (κ1) is 26.1. The molecular weight excluding hydrogens is 358 g/mol. The molecule has 0 aliphatic rings. The highest BCUT2D eigenvalue weighted by atomic mass is 16.4. The lowest BCUT2D eigenvalue weighted by atomic mass is 9.83. The van der Waals surface area contributed by atoms with Gasteiger partial charge in [-0.25, -0.2) is 4.79 Å². The van der Waals surface area contributed by atoms with Gasteiger partial charge in [0.05, 0.1) is 11.6 Å². The van der Waals surface area contributed by atoms with Gasteiger partial charge in [-0.1, -0.05) is 54.5 Å². The molecule has 7 heteroatoms. The summed E-state index contributed by atoms with van der Waals surface area (Å²) in [4.78, 5) is 38.8. The maximum atomic E-state index is 13.3. The molecule has 0 aliphatic carbocycles. The molecule has 0 aromatic carbocycles. The normalized spacial score (nSPS) is 15.2. The van der Waals surface area contributed by atoms with Crippen LogP contribution in [0.1, 0.15) is 68.2 Å². The van der Waals surface area contributed by atoms with Crippen molar-refractivity contribution in [2.45, 2.75) is 85.9 Å². The standard InChI is InChI=1S/C21H39N3O4/c1-10-21(22,11-2)19(28)23-16(20(6,7)8)17(25)24(9)15(13(3)4)12-14(5)18(26)27/h12-13,15-16H,10-11,22H2,1-9H3,(H,23,28)(H,26,27)/b14-12+/t15-,16-/m1/s1. The van der Waals surface area contributed by atoms with Gasteiger partial charge in [0.2, 0.25) is 11.8 Å². The van der Waals surface area contributed by atoms with Gasteiger partial charge in [0.15, 0.2) is 0 Å². The van der Waals surface area contributed by atoms with Gasteiger partial charge in [0, 0.05) is 12.6 Å². The number of hydrogen-bond donors (Lipinski definition) is 3. The Labute approximate surface area is 169 Å². The molecule has 0 rings (SSSR count). The van der Waals surface area contributed by atoms with Crippen LogP contribution in [0.25, 0.3) is 0 Å². The van der Waals surface area contributed by atoms with Gasteiger partial charge >= 0.3 is 5.97 Å². The Kier molecular flexibility index (Phi) is 9.37. The van der Waals surface area contributed by atoms with E-state index < -0.39 is 29.0 Å². The van der Waals surface area contributed by atoms with E-state index in [9.17, 15) is 19.5 Å². The Balaban J connectivity index is 5.87. The number of nitrogens with zero attached hydrogens (tertiary/aromatic N) is 1. The van der Waals surface area contributed by atoms with E-state index in [1.807, 2.05) is 48.5 Å². The van der Waals surface area contributed by atoms with E-state index in [1.54, 1.807) is 13.1 Å². The van der Waals surface area contributed by atoms with Crippen molar-refractivity contribution in [3.05, 3.63) is 11.6 Å². The molecule has 0 fully saturated rings. The van der Waals surface area contributed by atoms with Gasteiger partial charge in [0.25, 0.3) is 0 Å². The Morgan fingerprint density at radius 3 is 1.93 bits per heavy atom. The highest BCUT2D eigenvalue weighted by molar-refractivity contribution is 5.92. The summed E-state index contributed by atoms with van der Waals surface area (Å²) in [5, 5.41) is 12.0. The van der Waals surface area contributed by atoms with Crippen LogP contribution in [0.15, 0.2) is 11.6 Å². The van der Waals surface area contributed by atoms with Crippen molar-refractivity contribution >= 4 is 17.8 Å². The molecule has 2 atom stereocenters. The van der Waals surface area contributed by atoms with Crippen molar-refractivity contribution < 1.29 is 19.5 Å². The fourth-order valence-electron chi connectivity index (χ4n) is 2.92. The van der Waals surface area contributed by atoms with Crippen molar-refractivity contribution in [3.8, 4) is 0 Å². The van der Waals surface area contributed by atoms with Crippen LogP contribution in [0.5, 0.6) is 0 Å². The number of rotatable bonds is 9. The average Bonchev–Trinajstić information content (AvgIpc) is 2.60. The van der Waals surface area contributed by atoms with Crippen LogP contribution in [0, 0.1) is 11.3 Å². The molecule has 0 aromatic rings. The molecule has 0 bridgehead atoms. The molecule has 0 aromatic heterocycles. The predicted molar refractivity (Wildman–Crippen MR) is 112 cm³/mol. The van der Waals surface area contributed by atoms with Crippen molar-refractivity contribution in [1.29, 1.82) is 0 Å². The van der Waals surface area contributed by atoms with Crippen LogP contribution in [0.4, 0.5) is 0 Å². The Morgan fingerprint density at radius 2 is 1.61 bits per heavy atom. The second kappa shape index (κ2) is 10.0. The maximum Gasteiger partial charge on any atom is 0.331 e. The fraction of sp³-hybridized carbons (Fsp3) is 0.762. The maximum absolute atomic E-state index is 13.3.